The first-order chi connectivity index (χ1) is 32.2. The van der Waals surface area contributed by atoms with Gasteiger partial charge in [-0.3, -0.25) is 0 Å². The van der Waals surface area contributed by atoms with Crippen molar-refractivity contribution in [3.8, 4) is 27.9 Å². The number of hydrogen-bond acceptors (Lipinski definition) is 4. The number of para-hydroxylation sites is 6. The zero-order chi connectivity index (χ0) is 42.6. The van der Waals surface area contributed by atoms with Crippen molar-refractivity contribution in [2.75, 3.05) is 4.90 Å². The molecule has 0 aliphatic rings. The van der Waals surface area contributed by atoms with Crippen LogP contribution in [-0.4, -0.2) is 4.57 Å². The van der Waals surface area contributed by atoms with Crippen LogP contribution in [0, 0.1) is 0 Å². The summed E-state index contributed by atoms with van der Waals surface area (Å²) in [6.45, 7) is 0. The fourth-order valence-corrected chi connectivity index (χ4v) is 10.3. The van der Waals surface area contributed by atoms with Crippen LogP contribution in [-0.2, 0) is 0 Å². The molecule has 0 fully saturated rings. The lowest BCUT2D eigenvalue weighted by molar-refractivity contribution is 0.668. The molecule has 65 heavy (non-hydrogen) atoms. The number of hydrogen-bond donors (Lipinski definition) is 0. The van der Waals surface area contributed by atoms with Crippen molar-refractivity contribution in [3.63, 3.8) is 0 Å². The fourth-order valence-electron chi connectivity index (χ4n) is 10.3. The number of benzene rings is 10. The minimum Gasteiger partial charge on any atom is -0.456 e. The zero-order valence-corrected chi connectivity index (χ0v) is 34.9. The first-order valence-electron chi connectivity index (χ1n) is 22.0. The van der Waals surface area contributed by atoms with E-state index in [1.807, 2.05) is 24.3 Å². The van der Waals surface area contributed by atoms with E-state index in [1.165, 1.54) is 21.8 Å². The Bertz CT molecular complexity index is 4190. The second-order valence-corrected chi connectivity index (χ2v) is 16.8. The van der Waals surface area contributed by atoms with E-state index in [2.05, 4.69) is 204 Å². The first-order valence-corrected chi connectivity index (χ1v) is 22.0. The van der Waals surface area contributed by atoms with Gasteiger partial charge in [-0.1, -0.05) is 133 Å². The Labute approximate surface area is 372 Å². The van der Waals surface area contributed by atoms with E-state index >= 15 is 0 Å². The van der Waals surface area contributed by atoms with Crippen LogP contribution in [0.3, 0.4) is 0 Å². The van der Waals surface area contributed by atoms with Crippen molar-refractivity contribution < 1.29 is 13.3 Å². The van der Waals surface area contributed by atoms with E-state index in [1.54, 1.807) is 0 Å². The van der Waals surface area contributed by atoms with Crippen molar-refractivity contribution in [2.24, 2.45) is 0 Å². The number of aromatic nitrogens is 1. The molecule has 0 spiro atoms. The second kappa shape index (κ2) is 13.9. The van der Waals surface area contributed by atoms with Gasteiger partial charge in [-0.2, -0.15) is 0 Å². The Hall–Kier alpha value is -8.80. The van der Waals surface area contributed by atoms with E-state index in [-0.39, 0.29) is 0 Å². The molecule has 0 unspecified atom stereocenters. The van der Waals surface area contributed by atoms with Gasteiger partial charge in [-0.15, -0.1) is 0 Å². The van der Waals surface area contributed by atoms with Crippen molar-refractivity contribution in [1.82, 2.24) is 4.57 Å². The Balaban J connectivity index is 0.962. The highest BCUT2D eigenvalue weighted by Gasteiger charge is 2.24. The maximum atomic E-state index is 6.75. The van der Waals surface area contributed by atoms with E-state index < -0.39 is 0 Å². The molecule has 0 amide bonds. The van der Waals surface area contributed by atoms with Gasteiger partial charge in [0.1, 0.15) is 27.9 Å². The number of rotatable bonds is 6. The highest BCUT2D eigenvalue weighted by Crippen LogP contribution is 2.48. The average molecular weight is 833 g/mol. The van der Waals surface area contributed by atoms with Crippen molar-refractivity contribution in [2.45, 2.75) is 0 Å². The third kappa shape index (κ3) is 5.39. The van der Waals surface area contributed by atoms with E-state index in [9.17, 15) is 0 Å². The van der Waals surface area contributed by atoms with Gasteiger partial charge in [-0.05, 0) is 102 Å². The summed E-state index contributed by atoms with van der Waals surface area (Å²) in [5.74, 6) is 0. The Kier molecular flexibility index (Phi) is 7.62. The first kappa shape index (κ1) is 35.8. The normalized spacial score (nSPS) is 12.0. The van der Waals surface area contributed by atoms with Gasteiger partial charge in [0.15, 0.2) is 5.58 Å². The number of nitrogens with zero attached hydrogens (tertiary/aromatic N) is 2. The van der Waals surface area contributed by atoms with Gasteiger partial charge in [0.25, 0.3) is 0 Å². The molecule has 4 heterocycles. The Morgan fingerprint density at radius 2 is 0.877 bits per heavy atom. The minimum absolute atomic E-state index is 0.811. The average Bonchev–Trinajstić information content (AvgIpc) is 4.14. The van der Waals surface area contributed by atoms with Gasteiger partial charge in [0, 0.05) is 54.6 Å². The molecular weight excluding hydrogens is 797 g/mol. The predicted octanol–water partition coefficient (Wildman–Crippen LogP) is 17.3. The smallest absolute Gasteiger partial charge is 0.159 e. The SMILES string of the molecule is c1ccc(-n2c3ccccc3c3cc(-c4ccc5oc6cccc(N(c7ccc(-c8cccc9c8oc8ccccc89)cc7)c7cccc8c7oc7ccccc78)c6c5c4)ccc32)cc1. The molecule has 0 N–H and O–H groups in total. The Morgan fingerprint density at radius 1 is 0.323 bits per heavy atom. The van der Waals surface area contributed by atoms with Crippen LogP contribution >= 0.6 is 0 Å². The molecule has 4 aromatic heterocycles. The third-order valence-corrected chi connectivity index (χ3v) is 13.2. The zero-order valence-electron chi connectivity index (χ0n) is 34.9. The molecule has 0 radical (unpaired) electrons. The summed E-state index contributed by atoms with van der Waals surface area (Å²) in [5.41, 5.74) is 15.9. The largest absolute Gasteiger partial charge is 0.456 e. The van der Waals surface area contributed by atoms with Gasteiger partial charge < -0.3 is 22.7 Å². The number of furan rings is 3. The molecule has 0 saturated carbocycles. The van der Waals surface area contributed by atoms with Crippen LogP contribution in [0.15, 0.2) is 232 Å². The summed E-state index contributed by atoms with van der Waals surface area (Å²) >= 11 is 0. The van der Waals surface area contributed by atoms with Crippen molar-refractivity contribution in [1.29, 1.82) is 0 Å². The van der Waals surface area contributed by atoms with Crippen molar-refractivity contribution in [3.05, 3.63) is 218 Å². The topological polar surface area (TPSA) is 47.6 Å². The minimum atomic E-state index is 0.811. The summed E-state index contributed by atoms with van der Waals surface area (Å²) in [6, 6.07) is 77.2. The second-order valence-electron chi connectivity index (χ2n) is 16.8. The molecule has 0 aliphatic heterocycles. The summed E-state index contributed by atoms with van der Waals surface area (Å²) in [7, 11) is 0. The summed E-state index contributed by atoms with van der Waals surface area (Å²) in [6.07, 6.45) is 0. The van der Waals surface area contributed by atoms with Gasteiger partial charge in [0.05, 0.1) is 27.8 Å². The molecule has 0 atom stereocenters. The third-order valence-electron chi connectivity index (χ3n) is 13.2. The van der Waals surface area contributed by atoms with Gasteiger partial charge in [0.2, 0.25) is 0 Å². The van der Waals surface area contributed by atoms with E-state index in [0.29, 0.717) is 0 Å². The predicted molar refractivity (Wildman–Crippen MR) is 268 cm³/mol. The molecule has 14 rings (SSSR count). The molecule has 0 bridgehead atoms. The molecule has 10 aromatic carbocycles. The molecule has 0 saturated heterocycles. The number of anilines is 3. The van der Waals surface area contributed by atoms with E-state index in [0.717, 1.165) is 111 Å². The molecule has 0 aliphatic carbocycles. The van der Waals surface area contributed by atoms with Crippen LogP contribution in [0.1, 0.15) is 0 Å². The maximum Gasteiger partial charge on any atom is 0.159 e. The lowest BCUT2D eigenvalue weighted by atomic mass is 9.99. The summed E-state index contributed by atoms with van der Waals surface area (Å²) < 4.78 is 22.3. The van der Waals surface area contributed by atoms with Crippen molar-refractivity contribution >= 4 is 105 Å². The van der Waals surface area contributed by atoms with Crippen LogP contribution in [0.4, 0.5) is 17.1 Å². The maximum absolute atomic E-state index is 6.75. The molecule has 5 nitrogen and oxygen atoms in total. The van der Waals surface area contributed by atoms with Gasteiger partial charge in [-0.25, -0.2) is 0 Å². The summed E-state index contributed by atoms with van der Waals surface area (Å²) in [5, 5.41) is 8.87. The highest BCUT2D eigenvalue weighted by atomic mass is 16.3. The molecular formula is C60H36N2O3. The standard InChI is InChI=1S/C60H36N2O3/c1-2-13-40(14-3-1)61-50-21-7-4-15-43(50)48-35-38(29-33-51(48)61)39-30-34-56-49(36-39)58-52(22-12-26-57(58)63-56)62(53-23-11-20-47-45-17-6-9-25-55(45)65-60(47)53)41-31-27-37(28-32-41)42-18-10-19-46-44-16-5-8-24-54(44)64-59(42)46/h1-36H. The van der Waals surface area contributed by atoms with Crippen LogP contribution in [0.2, 0.25) is 0 Å². The van der Waals surface area contributed by atoms with Crippen LogP contribution in [0.5, 0.6) is 0 Å². The fraction of sp³-hybridized carbons (Fsp3) is 0. The monoisotopic (exact) mass is 832 g/mol. The molecule has 14 aromatic rings. The Morgan fingerprint density at radius 3 is 1.68 bits per heavy atom. The lowest BCUT2D eigenvalue weighted by Gasteiger charge is -2.26. The highest BCUT2D eigenvalue weighted by molar-refractivity contribution is 6.17. The molecule has 304 valence electrons. The summed E-state index contributed by atoms with van der Waals surface area (Å²) in [4.78, 5) is 2.32. The van der Waals surface area contributed by atoms with Crippen LogP contribution < -0.4 is 4.90 Å². The number of fused-ring (bicyclic) bond motifs is 12. The quantitative estimate of drug-likeness (QED) is 0.167. The van der Waals surface area contributed by atoms with E-state index in [4.69, 9.17) is 13.3 Å². The van der Waals surface area contributed by atoms with Crippen LogP contribution in [0.25, 0.3) is 116 Å². The molecule has 5 heteroatoms. The van der Waals surface area contributed by atoms with Gasteiger partial charge >= 0.3 is 0 Å². The lowest BCUT2D eigenvalue weighted by Crippen LogP contribution is -2.10.